The molecule has 0 spiro atoms. The number of aryl methyl sites for hydroxylation is 1. The number of carbonyl (C=O) groups excluding carboxylic acids is 1. The van der Waals surface area contributed by atoms with Gasteiger partial charge in [-0.05, 0) is 49.4 Å². The monoisotopic (exact) mass is 347 g/mol. The van der Waals surface area contributed by atoms with Crippen molar-refractivity contribution in [3.8, 4) is 11.5 Å². The number of amides is 1. The number of ether oxygens (including phenoxy) is 2. The van der Waals surface area contributed by atoms with E-state index in [1.807, 2.05) is 38.2 Å². The van der Waals surface area contributed by atoms with Crippen LogP contribution in [-0.2, 0) is 11.3 Å². The minimum absolute atomic E-state index is 0.143. The van der Waals surface area contributed by atoms with Gasteiger partial charge in [0.1, 0.15) is 0 Å². The molecule has 0 aliphatic rings. The molecular formula is C19H25NO3S. The minimum Gasteiger partial charge on any atom is -0.490 e. The first-order valence-electron chi connectivity index (χ1n) is 8.23. The summed E-state index contributed by atoms with van der Waals surface area (Å²) in [6.45, 7) is 5.80. The highest BCUT2D eigenvalue weighted by molar-refractivity contribution is 7.10. The average Bonchev–Trinajstić information content (AvgIpc) is 2.98. The van der Waals surface area contributed by atoms with E-state index in [1.54, 1.807) is 16.2 Å². The van der Waals surface area contributed by atoms with Gasteiger partial charge in [-0.1, -0.05) is 12.1 Å². The van der Waals surface area contributed by atoms with Crippen LogP contribution in [0.5, 0.6) is 11.5 Å². The Morgan fingerprint density at radius 3 is 2.50 bits per heavy atom. The predicted octanol–water partition coefficient (Wildman–Crippen LogP) is 4.27. The normalized spacial score (nSPS) is 10.5. The maximum Gasteiger partial charge on any atom is 0.222 e. The van der Waals surface area contributed by atoms with Crippen molar-refractivity contribution in [2.75, 3.05) is 20.3 Å². The van der Waals surface area contributed by atoms with Gasteiger partial charge in [-0.25, -0.2) is 0 Å². The van der Waals surface area contributed by atoms with Gasteiger partial charge in [0.05, 0.1) is 19.8 Å². The molecule has 0 saturated carbocycles. The summed E-state index contributed by atoms with van der Waals surface area (Å²) < 4.78 is 11.3. The minimum atomic E-state index is 0.143. The predicted molar refractivity (Wildman–Crippen MR) is 97.9 cm³/mol. The number of hydrogen-bond donors (Lipinski definition) is 0. The van der Waals surface area contributed by atoms with Crippen molar-refractivity contribution in [2.45, 2.75) is 33.2 Å². The third kappa shape index (κ3) is 5.27. The molecule has 1 amide bonds. The molecule has 0 radical (unpaired) electrons. The van der Waals surface area contributed by atoms with Crippen LogP contribution in [0.1, 0.15) is 30.2 Å². The van der Waals surface area contributed by atoms with E-state index in [4.69, 9.17) is 9.47 Å². The first kappa shape index (κ1) is 18.3. The van der Waals surface area contributed by atoms with Crippen LogP contribution < -0.4 is 9.47 Å². The molecule has 1 heterocycles. The summed E-state index contributed by atoms with van der Waals surface area (Å²) in [6, 6.07) is 9.70. The third-order valence-corrected chi connectivity index (χ3v) is 4.72. The second-order valence-corrected chi connectivity index (χ2v) is 6.61. The summed E-state index contributed by atoms with van der Waals surface area (Å²) in [5.74, 6) is 1.62. The summed E-state index contributed by atoms with van der Waals surface area (Å²) >= 11 is 1.69. The molecular weight excluding hydrogens is 322 g/mol. The van der Waals surface area contributed by atoms with E-state index in [0.29, 0.717) is 32.6 Å². The van der Waals surface area contributed by atoms with Gasteiger partial charge < -0.3 is 14.4 Å². The van der Waals surface area contributed by atoms with Crippen LogP contribution in [0.2, 0.25) is 0 Å². The lowest BCUT2D eigenvalue weighted by molar-refractivity contribution is -0.130. The fourth-order valence-corrected chi connectivity index (χ4v) is 3.27. The Balaban J connectivity index is 1.74. The standard InChI is InChI=1S/C19H25NO3S/c1-4-22-16-8-5-6-9-17(16)23-12-7-10-19(21)20(3)14-18-15(2)11-13-24-18/h5-6,8-9,11,13H,4,7,10,12,14H2,1-3H3. The fraction of sp³-hybridized carbons (Fsp3) is 0.421. The van der Waals surface area contributed by atoms with Crippen molar-refractivity contribution in [1.29, 1.82) is 0 Å². The third-order valence-electron chi connectivity index (χ3n) is 3.72. The Labute approximate surface area is 148 Å². The Hall–Kier alpha value is -2.01. The molecule has 0 bridgehead atoms. The second kappa shape index (κ2) is 9.33. The van der Waals surface area contributed by atoms with Crippen LogP contribution in [0, 0.1) is 6.92 Å². The summed E-state index contributed by atoms with van der Waals surface area (Å²) in [4.78, 5) is 15.2. The van der Waals surface area contributed by atoms with E-state index < -0.39 is 0 Å². The number of rotatable bonds is 9. The van der Waals surface area contributed by atoms with Crippen molar-refractivity contribution in [3.63, 3.8) is 0 Å². The van der Waals surface area contributed by atoms with Crippen molar-refractivity contribution in [3.05, 3.63) is 46.2 Å². The molecule has 0 N–H and O–H groups in total. The van der Waals surface area contributed by atoms with Crippen molar-refractivity contribution in [1.82, 2.24) is 4.90 Å². The number of carbonyl (C=O) groups is 1. The van der Waals surface area contributed by atoms with Crippen molar-refractivity contribution < 1.29 is 14.3 Å². The van der Waals surface area contributed by atoms with E-state index in [9.17, 15) is 4.79 Å². The fourth-order valence-electron chi connectivity index (χ4n) is 2.31. The molecule has 130 valence electrons. The molecule has 1 aromatic carbocycles. The largest absolute Gasteiger partial charge is 0.490 e. The van der Waals surface area contributed by atoms with Crippen LogP contribution in [0.3, 0.4) is 0 Å². The number of thiophene rings is 1. The van der Waals surface area contributed by atoms with E-state index >= 15 is 0 Å². The van der Waals surface area contributed by atoms with Gasteiger partial charge in [0.2, 0.25) is 5.91 Å². The van der Waals surface area contributed by atoms with Crippen molar-refractivity contribution >= 4 is 17.2 Å². The maximum atomic E-state index is 12.2. The van der Waals surface area contributed by atoms with Crippen LogP contribution in [0.4, 0.5) is 0 Å². The molecule has 4 nitrogen and oxygen atoms in total. The Bertz CT molecular complexity index is 654. The zero-order valence-electron chi connectivity index (χ0n) is 14.6. The number of benzene rings is 1. The highest BCUT2D eigenvalue weighted by atomic mass is 32.1. The van der Waals surface area contributed by atoms with E-state index in [1.165, 1.54) is 10.4 Å². The Morgan fingerprint density at radius 2 is 1.88 bits per heavy atom. The molecule has 5 heteroatoms. The van der Waals surface area contributed by atoms with Gasteiger partial charge in [0.15, 0.2) is 11.5 Å². The summed E-state index contributed by atoms with van der Waals surface area (Å²) in [7, 11) is 1.85. The maximum absolute atomic E-state index is 12.2. The quantitative estimate of drug-likeness (QED) is 0.636. The highest BCUT2D eigenvalue weighted by Gasteiger charge is 2.11. The molecule has 0 aliphatic carbocycles. The lowest BCUT2D eigenvalue weighted by atomic mass is 10.2. The number of hydrogen-bond acceptors (Lipinski definition) is 4. The molecule has 0 saturated heterocycles. The zero-order valence-corrected chi connectivity index (χ0v) is 15.4. The van der Waals surface area contributed by atoms with E-state index in [-0.39, 0.29) is 5.91 Å². The summed E-state index contributed by atoms with van der Waals surface area (Å²) in [6.07, 6.45) is 1.17. The van der Waals surface area contributed by atoms with E-state index in [0.717, 1.165) is 11.5 Å². The summed E-state index contributed by atoms with van der Waals surface area (Å²) in [5, 5.41) is 2.06. The molecule has 0 unspecified atom stereocenters. The van der Waals surface area contributed by atoms with Crippen molar-refractivity contribution in [2.24, 2.45) is 0 Å². The molecule has 0 fully saturated rings. The molecule has 24 heavy (non-hydrogen) atoms. The van der Waals surface area contributed by atoms with Gasteiger partial charge in [-0.2, -0.15) is 0 Å². The van der Waals surface area contributed by atoms with Crippen LogP contribution in [-0.4, -0.2) is 31.1 Å². The summed E-state index contributed by atoms with van der Waals surface area (Å²) in [5.41, 5.74) is 1.25. The van der Waals surface area contributed by atoms with E-state index in [2.05, 4.69) is 18.4 Å². The lowest BCUT2D eigenvalue weighted by Gasteiger charge is -2.17. The van der Waals surface area contributed by atoms with Gasteiger partial charge in [-0.3, -0.25) is 4.79 Å². The Morgan fingerprint density at radius 1 is 1.17 bits per heavy atom. The lowest BCUT2D eigenvalue weighted by Crippen LogP contribution is -2.26. The average molecular weight is 347 g/mol. The van der Waals surface area contributed by atoms with Gasteiger partial charge in [0, 0.05) is 18.3 Å². The number of nitrogens with zero attached hydrogens (tertiary/aromatic N) is 1. The zero-order chi connectivity index (χ0) is 17.4. The van der Waals surface area contributed by atoms with Gasteiger partial charge in [0.25, 0.3) is 0 Å². The Kier molecular flexibility index (Phi) is 7.12. The topological polar surface area (TPSA) is 38.8 Å². The smallest absolute Gasteiger partial charge is 0.222 e. The first-order chi connectivity index (χ1) is 11.6. The molecule has 0 atom stereocenters. The molecule has 0 aliphatic heterocycles. The number of para-hydroxylation sites is 2. The van der Waals surface area contributed by atoms with Crippen LogP contribution in [0.15, 0.2) is 35.7 Å². The second-order valence-electron chi connectivity index (χ2n) is 5.61. The van der Waals surface area contributed by atoms with Gasteiger partial charge >= 0.3 is 0 Å². The molecule has 2 aromatic rings. The highest BCUT2D eigenvalue weighted by Crippen LogP contribution is 2.26. The first-order valence-corrected chi connectivity index (χ1v) is 9.11. The van der Waals surface area contributed by atoms with Gasteiger partial charge in [-0.15, -0.1) is 11.3 Å². The molecule has 1 aromatic heterocycles. The molecule has 2 rings (SSSR count). The van der Waals surface area contributed by atoms with Crippen LogP contribution >= 0.6 is 11.3 Å². The van der Waals surface area contributed by atoms with Crippen LogP contribution in [0.25, 0.3) is 0 Å². The SMILES string of the molecule is CCOc1ccccc1OCCCC(=O)N(C)Cc1sccc1C.